The van der Waals surface area contributed by atoms with Gasteiger partial charge in [-0.1, -0.05) is 42.5 Å². The third-order valence-electron chi connectivity index (χ3n) is 4.28. The molecule has 0 saturated heterocycles. The first-order valence-corrected chi connectivity index (χ1v) is 10.5. The highest BCUT2D eigenvalue weighted by Crippen LogP contribution is 2.23. The predicted octanol–water partition coefficient (Wildman–Crippen LogP) is 4.63. The molecule has 29 heavy (non-hydrogen) atoms. The van der Waals surface area contributed by atoms with Crippen molar-refractivity contribution in [3.05, 3.63) is 84.4 Å². The minimum atomic E-state index is -0.305. The van der Waals surface area contributed by atoms with E-state index in [1.54, 1.807) is 17.8 Å². The van der Waals surface area contributed by atoms with Crippen LogP contribution >= 0.6 is 11.8 Å². The molecule has 3 aromatic rings. The first-order valence-electron chi connectivity index (χ1n) is 9.28. The van der Waals surface area contributed by atoms with E-state index in [1.807, 2.05) is 54.8 Å². The number of urea groups is 1. The molecule has 6 heteroatoms. The lowest BCUT2D eigenvalue weighted by molar-refractivity contribution is 0.0954. The lowest BCUT2D eigenvalue weighted by Crippen LogP contribution is -2.36. The molecule has 3 N–H and O–H groups in total. The highest BCUT2D eigenvalue weighted by atomic mass is 32.2. The van der Waals surface area contributed by atoms with E-state index in [0.29, 0.717) is 18.7 Å². The molecule has 3 amide bonds. The number of thioether (sulfide) groups is 1. The van der Waals surface area contributed by atoms with Crippen molar-refractivity contribution in [2.45, 2.75) is 4.90 Å². The fourth-order valence-electron chi connectivity index (χ4n) is 2.77. The number of amides is 3. The molecule has 0 spiro atoms. The largest absolute Gasteiger partial charge is 0.350 e. The third-order valence-corrected chi connectivity index (χ3v) is 5.02. The average molecular weight is 406 g/mol. The Kier molecular flexibility index (Phi) is 7.30. The van der Waals surface area contributed by atoms with Crippen LogP contribution in [0.25, 0.3) is 11.1 Å². The predicted molar refractivity (Wildman–Crippen MR) is 119 cm³/mol. The topological polar surface area (TPSA) is 70.2 Å². The smallest absolute Gasteiger partial charge is 0.319 e. The summed E-state index contributed by atoms with van der Waals surface area (Å²) in [7, 11) is 0. The number of nitrogens with one attached hydrogen (secondary N) is 3. The van der Waals surface area contributed by atoms with Gasteiger partial charge in [0, 0.05) is 29.2 Å². The van der Waals surface area contributed by atoms with Gasteiger partial charge in [0.15, 0.2) is 0 Å². The van der Waals surface area contributed by atoms with Crippen molar-refractivity contribution in [2.24, 2.45) is 0 Å². The Hall–Kier alpha value is -3.25. The van der Waals surface area contributed by atoms with Crippen LogP contribution in [0.2, 0.25) is 0 Å². The molecule has 148 valence electrons. The van der Waals surface area contributed by atoms with E-state index in [-0.39, 0.29) is 11.9 Å². The van der Waals surface area contributed by atoms with Crippen molar-refractivity contribution < 1.29 is 9.59 Å². The Morgan fingerprint density at radius 1 is 0.793 bits per heavy atom. The second kappa shape index (κ2) is 10.3. The number of carbonyl (C=O) groups is 2. The normalized spacial score (nSPS) is 10.2. The molecular formula is C23H23N3O2S. The standard InChI is InChI=1S/C23H23N3O2S/c1-29-21-12-10-17(11-13-21)18-6-5-7-19(16-18)22(27)24-14-15-25-23(28)26-20-8-3-2-4-9-20/h2-13,16H,14-15H2,1H3,(H,24,27)(H2,25,26,28). The summed E-state index contributed by atoms with van der Waals surface area (Å²) in [4.78, 5) is 25.5. The quantitative estimate of drug-likeness (QED) is 0.397. The van der Waals surface area contributed by atoms with Gasteiger partial charge in [0.05, 0.1) is 0 Å². The van der Waals surface area contributed by atoms with Crippen LogP contribution in [0.3, 0.4) is 0 Å². The number of carbonyl (C=O) groups excluding carboxylic acids is 2. The fourth-order valence-corrected chi connectivity index (χ4v) is 3.18. The zero-order chi connectivity index (χ0) is 20.5. The molecule has 0 saturated carbocycles. The Bertz CT molecular complexity index is 959. The Morgan fingerprint density at radius 3 is 2.24 bits per heavy atom. The summed E-state index contributed by atoms with van der Waals surface area (Å²) < 4.78 is 0. The van der Waals surface area contributed by atoms with E-state index >= 15 is 0 Å². The van der Waals surface area contributed by atoms with Gasteiger partial charge in [0.25, 0.3) is 5.91 Å². The van der Waals surface area contributed by atoms with Crippen LogP contribution in [0.1, 0.15) is 10.4 Å². The van der Waals surface area contributed by atoms with Crippen molar-refractivity contribution in [3.8, 4) is 11.1 Å². The Balaban J connectivity index is 1.48. The van der Waals surface area contributed by atoms with Crippen molar-refractivity contribution >= 4 is 29.4 Å². The summed E-state index contributed by atoms with van der Waals surface area (Å²) in [5.74, 6) is -0.169. The zero-order valence-corrected chi connectivity index (χ0v) is 17.0. The fraction of sp³-hybridized carbons (Fsp3) is 0.130. The first-order chi connectivity index (χ1) is 14.2. The molecule has 5 nitrogen and oxygen atoms in total. The van der Waals surface area contributed by atoms with Gasteiger partial charge in [-0.2, -0.15) is 0 Å². The summed E-state index contributed by atoms with van der Waals surface area (Å²) >= 11 is 1.70. The van der Waals surface area contributed by atoms with Crippen LogP contribution in [0.15, 0.2) is 83.8 Å². The van der Waals surface area contributed by atoms with Crippen LogP contribution in [0, 0.1) is 0 Å². The van der Waals surface area contributed by atoms with Gasteiger partial charge in [-0.3, -0.25) is 4.79 Å². The lowest BCUT2D eigenvalue weighted by atomic mass is 10.0. The van der Waals surface area contributed by atoms with E-state index in [2.05, 4.69) is 40.2 Å². The summed E-state index contributed by atoms with van der Waals surface area (Å²) in [5.41, 5.74) is 3.36. The maximum atomic E-state index is 12.4. The Morgan fingerprint density at radius 2 is 1.52 bits per heavy atom. The van der Waals surface area contributed by atoms with Gasteiger partial charge in [0.1, 0.15) is 0 Å². The maximum Gasteiger partial charge on any atom is 0.319 e. The van der Waals surface area contributed by atoms with Gasteiger partial charge < -0.3 is 16.0 Å². The number of benzene rings is 3. The van der Waals surface area contributed by atoms with E-state index in [4.69, 9.17) is 0 Å². The Labute approximate surface area is 174 Å². The molecule has 0 aliphatic carbocycles. The van der Waals surface area contributed by atoms with Crippen LogP contribution in [-0.4, -0.2) is 31.3 Å². The summed E-state index contributed by atoms with van der Waals surface area (Å²) in [6.07, 6.45) is 2.04. The van der Waals surface area contributed by atoms with Crippen molar-refractivity contribution in [1.29, 1.82) is 0 Å². The molecule has 0 aliphatic rings. The van der Waals surface area contributed by atoms with Gasteiger partial charge in [-0.15, -0.1) is 11.8 Å². The highest BCUT2D eigenvalue weighted by molar-refractivity contribution is 7.98. The first kappa shape index (κ1) is 20.5. The molecule has 0 radical (unpaired) electrons. The van der Waals surface area contributed by atoms with Gasteiger partial charge in [-0.05, 0) is 53.8 Å². The number of anilines is 1. The van der Waals surface area contributed by atoms with Gasteiger partial charge in [-0.25, -0.2) is 4.79 Å². The number of hydrogen-bond acceptors (Lipinski definition) is 3. The van der Waals surface area contributed by atoms with E-state index < -0.39 is 0 Å². The molecule has 3 rings (SSSR count). The van der Waals surface area contributed by atoms with Crippen molar-refractivity contribution in [3.63, 3.8) is 0 Å². The zero-order valence-electron chi connectivity index (χ0n) is 16.1. The highest BCUT2D eigenvalue weighted by Gasteiger charge is 2.07. The molecule has 0 aromatic heterocycles. The monoisotopic (exact) mass is 405 g/mol. The second-order valence-corrected chi connectivity index (χ2v) is 7.19. The van der Waals surface area contributed by atoms with E-state index in [0.717, 1.165) is 16.8 Å². The van der Waals surface area contributed by atoms with Gasteiger partial charge >= 0.3 is 6.03 Å². The molecule has 0 heterocycles. The van der Waals surface area contributed by atoms with E-state index in [1.165, 1.54) is 4.90 Å². The van der Waals surface area contributed by atoms with Crippen LogP contribution in [0.4, 0.5) is 10.5 Å². The van der Waals surface area contributed by atoms with Gasteiger partial charge in [0.2, 0.25) is 0 Å². The average Bonchev–Trinajstić information content (AvgIpc) is 2.77. The summed E-state index contributed by atoms with van der Waals surface area (Å²) in [5, 5.41) is 8.28. The van der Waals surface area contributed by atoms with E-state index in [9.17, 15) is 9.59 Å². The molecule has 0 unspecified atom stereocenters. The second-order valence-electron chi connectivity index (χ2n) is 6.31. The number of para-hydroxylation sites is 1. The summed E-state index contributed by atoms with van der Waals surface area (Å²) in [6.45, 7) is 0.675. The van der Waals surface area contributed by atoms with Crippen molar-refractivity contribution in [1.82, 2.24) is 10.6 Å². The molecule has 0 atom stereocenters. The SMILES string of the molecule is CSc1ccc(-c2cccc(C(=O)NCCNC(=O)Nc3ccccc3)c2)cc1. The van der Waals surface area contributed by atoms with Crippen molar-refractivity contribution in [2.75, 3.05) is 24.7 Å². The minimum absolute atomic E-state index is 0.169. The molecule has 0 fully saturated rings. The third kappa shape index (κ3) is 6.12. The number of rotatable bonds is 7. The molecule has 3 aromatic carbocycles. The minimum Gasteiger partial charge on any atom is -0.350 e. The molecule has 0 bridgehead atoms. The molecular weight excluding hydrogens is 382 g/mol. The van der Waals surface area contributed by atoms with Crippen LogP contribution in [0.5, 0.6) is 0 Å². The summed E-state index contributed by atoms with van der Waals surface area (Å²) in [6, 6.07) is 24.7. The van der Waals surface area contributed by atoms with Crippen LogP contribution < -0.4 is 16.0 Å². The maximum absolute atomic E-state index is 12.4. The number of hydrogen-bond donors (Lipinski definition) is 3. The molecule has 0 aliphatic heterocycles. The van der Waals surface area contributed by atoms with Crippen LogP contribution in [-0.2, 0) is 0 Å². The lowest BCUT2D eigenvalue weighted by Gasteiger charge is -2.09.